The van der Waals surface area contributed by atoms with E-state index in [0.717, 1.165) is 25.0 Å². The van der Waals surface area contributed by atoms with Gasteiger partial charge in [0.1, 0.15) is 0 Å². The Hall–Kier alpha value is -0.380. The summed E-state index contributed by atoms with van der Waals surface area (Å²) in [4.78, 5) is 5.51. The molecule has 0 aromatic carbocycles. The lowest BCUT2D eigenvalue weighted by molar-refractivity contribution is 0.134. The van der Waals surface area contributed by atoms with Gasteiger partial charge >= 0.3 is 0 Å². The van der Waals surface area contributed by atoms with Crippen LogP contribution in [0, 0.1) is 5.92 Å². The molecule has 2 unspecified atom stereocenters. The minimum absolute atomic E-state index is 0.786. The molecule has 1 saturated carbocycles. The van der Waals surface area contributed by atoms with E-state index in [-0.39, 0.29) is 0 Å². The summed E-state index contributed by atoms with van der Waals surface area (Å²) >= 11 is 1.95. The molecule has 1 aliphatic rings. The SMILES string of the molecule is CNCc1ccc(CN(C)C2CCCCC2C)s1. The molecular formula is C15H26N2S. The van der Waals surface area contributed by atoms with E-state index in [2.05, 4.69) is 36.3 Å². The number of nitrogens with one attached hydrogen (secondary N) is 1. The Kier molecular flexibility index (Phi) is 5.22. The average Bonchev–Trinajstić information content (AvgIpc) is 2.77. The van der Waals surface area contributed by atoms with Crippen LogP contribution in [0.2, 0.25) is 0 Å². The highest BCUT2D eigenvalue weighted by molar-refractivity contribution is 7.11. The lowest BCUT2D eigenvalue weighted by atomic mass is 9.85. The van der Waals surface area contributed by atoms with Crippen molar-refractivity contribution < 1.29 is 0 Å². The fourth-order valence-electron chi connectivity index (χ4n) is 3.09. The van der Waals surface area contributed by atoms with Crippen molar-refractivity contribution in [2.45, 2.75) is 51.7 Å². The van der Waals surface area contributed by atoms with Gasteiger partial charge in [-0.2, -0.15) is 0 Å². The first kappa shape index (κ1) is 14.0. The van der Waals surface area contributed by atoms with Crippen molar-refractivity contribution in [1.29, 1.82) is 0 Å². The maximum Gasteiger partial charge on any atom is 0.0328 e. The van der Waals surface area contributed by atoms with Crippen LogP contribution in [0.4, 0.5) is 0 Å². The predicted octanol–water partition coefficient (Wildman–Crippen LogP) is 3.48. The van der Waals surface area contributed by atoms with Crippen LogP contribution in [0.1, 0.15) is 42.4 Å². The van der Waals surface area contributed by atoms with Gasteiger partial charge in [0, 0.05) is 28.9 Å². The summed E-state index contributed by atoms with van der Waals surface area (Å²) in [5.74, 6) is 0.862. The zero-order valence-electron chi connectivity index (χ0n) is 11.9. The molecule has 1 heterocycles. The molecule has 1 N–H and O–H groups in total. The van der Waals surface area contributed by atoms with Crippen LogP contribution < -0.4 is 5.32 Å². The third-order valence-corrected chi connectivity index (χ3v) is 5.18. The summed E-state index contributed by atoms with van der Waals surface area (Å²) in [6.07, 6.45) is 5.63. The van der Waals surface area contributed by atoms with E-state index in [1.54, 1.807) is 0 Å². The van der Waals surface area contributed by atoms with E-state index >= 15 is 0 Å². The highest BCUT2D eigenvalue weighted by Crippen LogP contribution is 2.29. The molecule has 0 aliphatic heterocycles. The van der Waals surface area contributed by atoms with Crippen molar-refractivity contribution in [1.82, 2.24) is 10.2 Å². The van der Waals surface area contributed by atoms with Gasteiger partial charge in [-0.1, -0.05) is 19.8 Å². The summed E-state index contributed by atoms with van der Waals surface area (Å²) in [6.45, 7) is 4.53. The van der Waals surface area contributed by atoms with Gasteiger partial charge in [-0.25, -0.2) is 0 Å². The van der Waals surface area contributed by atoms with Crippen molar-refractivity contribution in [3.63, 3.8) is 0 Å². The molecule has 0 amide bonds. The Bertz CT molecular complexity index is 361. The van der Waals surface area contributed by atoms with E-state index in [1.807, 2.05) is 18.4 Å². The second-order valence-electron chi connectivity index (χ2n) is 5.64. The molecule has 0 bridgehead atoms. The first-order valence-corrected chi connectivity index (χ1v) is 7.94. The van der Waals surface area contributed by atoms with Gasteiger partial charge in [-0.15, -0.1) is 11.3 Å². The largest absolute Gasteiger partial charge is 0.315 e. The third kappa shape index (κ3) is 3.56. The molecular weight excluding hydrogens is 240 g/mol. The molecule has 2 atom stereocenters. The average molecular weight is 266 g/mol. The predicted molar refractivity (Wildman–Crippen MR) is 80.0 cm³/mol. The van der Waals surface area contributed by atoms with Gasteiger partial charge in [0.25, 0.3) is 0 Å². The Balaban J connectivity index is 1.90. The normalized spacial score (nSPS) is 24.7. The van der Waals surface area contributed by atoms with Crippen LogP contribution in [0.25, 0.3) is 0 Å². The van der Waals surface area contributed by atoms with E-state index in [1.165, 1.54) is 35.4 Å². The van der Waals surface area contributed by atoms with Crippen molar-refractivity contribution in [3.05, 3.63) is 21.9 Å². The highest BCUT2D eigenvalue weighted by Gasteiger charge is 2.24. The van der Waals surface area contributed by atoms with Crippen LogP contribution in [-0.4, -0.2) is 25.0 Å². The molecule has 18 heavy (non-hydrogen) atoms. The van der Waals surface area contributed by atoms with Crippen molar-refractivity contribution in [2.24, 2.45) is 5.92 Å². The first-order chi connectivity index (χ1) is 8.70. The molecule has 2 nitrogen and oxygen atoms in total. The number of hydrogen-bond donors (Lipinski definition) is 1. The van der Waals surface area contributed by atoms with Crippen LogP contribution in [0.5, 0.6) is 0 Å². The molecule has 1 fully saturated rings. The second kappa shape index (κ2) is 6.69. The van der Waals surface area contributed by atoms with Gasteiger partial charge in [-0.05, 0) is 45.0 Å². The highest BCUT2D eigenvalue weighted by atomic mass is 32.1. The third-order valence-electron chi connectivity index (χ3n) is 4.11. The first-order valence-electron chi connectivity index (χ1n) is 7.13. The van der Waals surface area contributed by atoms with E-state index in [4.69, 9.17) is 0 Å². The quantitative estimate of drug-likeness (QED) is 0.878. The minimum atomic E-state index is 0.786. The number of thiophene rings is 1. The topological polar surface area (TPSA) is 15.3 Å². The van der Waals surface area contributed by atoms with Crippen LogP contribution >= 0.6 is 11.3 Å². The summed E-state index contributed by atoms with van der Waals surface area (Å²) in [7, 11) is 4.30. The summed E-state index contributed by atoms with van der Waals surface area (Å²) in [5.41, 5.74) is 0. The summed E-state index contributed by atoms with van der Waals surface area (Å²) in [6, 6.07) is 5.34. The zero-order chi connectivity index (χ0) is 13.0. The Morgan fingerprint density at radius 1 is 1.28 bits per heavy atom. The fourth-order valence-corrected chi connectivity index (χ4v) is 4.18. The van der Waals surface area contributed by atoms with E-state index in [9.17, 15) is 0 Å². The van der Waals surface area contributed by atoms with Crippen LogP contribution in [-0.2, 0) is 13.1 Å². The molecule has 1 aliphatic carbocycles. The van der Waals surface area contributed by atoms with Gasteiger partial charge in [0.05, 0.1) is 0 Å². The minimum Gasteiger partial charge on any atom is -0.315 e. The van der Waals surface area contributed by atoms with Crippen molar-refractivity contribution in [2.75, 3.05) is 14.1 Å². The molecule has 3 heteroatoms. The number of rotatable bonds is 5. The Morgan fingerprint density at radius 2 is 2.00 bits per heavy atom. The van der Waals surface area contributed by atoms with Gasteiger partial charge in [0.2, 0.25) is 0 Å². The molecule has 1 aromatic heterocycles. The zero-order valence-corrected chi connectivity index (χ0v) is 12.7. The Morgan fingerprint density at radius 3 is 2.72 bits per heavy atom. The fraction of sp³-hybridized carbons (Fsp3) is 0.733. The molecule has 2 rings (SSSR count). The van der Waals surface area contributed by atoms with Crippen molar-refractivity contribution >= 4 is 11.3 Å². The standard InChI is InChI=1S/C15H26N2S/c1-12-6-4-5-7-15(12)17(3)11-14-9-8-13(18-14)10-16-2/h8-9,12,15-16H,4-7,10-11H2,1-3H3. The summed E-state index contributed by atoms with van der Waals surface area (Å²) in [5, 5.41) is 3.22. The van der Waals surface area contributed by atoms with Gasteiger partial charge in [-0.3, -0.25) is 4.90 Å². The van der Waals surface area contributed by atoms with Crippen LogP contribution in [0.3, 0.4) is 0 Å². The smallest absolute Gasteiger partial charge is 0.0328 e. The van der Waals surface area contributed by atoms with Crippen LogP contribution in [0.15, 0.2) is 12.1 Å². The maximum absolute atomic E-state index is 3.22. The van der Waals surface area contributed by atoms with E-state index in [0.29, 0.717) is 0 Å². The second-order valence-corrected chi connectivity index (χ2v) is 6.90. The van der Waals surface area contributed by atoms with Crippen molar-refractivity contribution in [3.8, 4) is 0 Å². The monoisotopic (exact) mass is 266 g/mol. The Labute approximate surface area is 115 Å². The molecule has 0 saturated heterocycles. The lowest BCUT2D eigenvalue weighted by Gasteiger charge is -2.36. The number of hydrogen-bond acceptors (Lipinski definition) is 3. The summed E-state index contributed by atoms with van der Waals surface area (Å²) < 4.78 is 0. The molecule has 1 aromatic rings. The lowest BCUT2D eigenvalue weighted by Crippen LogP contribution is -2.38. The molecule has 102 valence electrons. The maximum atomic E-state index is 3.22. The van der Waals surface area contributed by atoms with Gasteiger partial charge < -0.3 is 5.32 Å². The molecule has 0 radical (unpaired) electrons. The molecule has 0 spiro atoms. The van der Waals surface area contributed by atoms with E-state index < -0.39 is 0 Å². The van der Waals surface area contributed by atoms with Gasteiger partial charge in [0.15, 0.2) is 0 Å². The number of nitrogens with zero attached hydrogens (tertiary/aromatic N) is 1.